The van der Waals surface area contributed by atoms with E-state index in [1.807, 2.05) is 39.8 Å². The molecule has 0 bridgehead atoms. The van der Waals surface area contributed by atoms with Gasteiger partial charge in [-0.2, -0.15) is 4.98 Å². The summed E-state index contributed by atoms with van der Waals surface area (Å²) in [4.78, 5) is 8.75. The van der Waals surface area contributed by atoms with Crippen LogP contribution in [0.25, 0.3) is 11.5 Å². The van der Waals surface area contributed by atoms with Crippen molar-refractivity contribution in [2.24, 2.45) is 5.73 Å². The van der Waals surface area contributed by atoms with Crippen molar-refractivity contribution in [3.8, 4) is 11.5 Å². The summed E-state index contributed by atoms with van der Waals surface area (Å²) in [6.45, 7) is 7.76. The van der Waals surface area contributed by atoms with Crippen LogP contribution in [0.3, 0.4) is 0 Å². The Bertz CT molecular complexity index is 560. The Hall–Kier alpha value is -1.75. The van der Waals surface area contributed by atoms with Crippen LogP contribution in [0.2, 0.25) is 0 Å². The molecule has 2 rings (SSSR count). The lowest BCUT2D eigenvalue weighted by Gasteiger charge is -2.16. The van der Waals surface area contributed by atoms with Gasteiger partial charge in [0.05, 0.1) is 16.8 Å². The number of nitrogens with zero attached hydrogens (tertiary/aromatic N) is 3. The fourth-order valence-corrected chi connectivity index (χ4v) is 1.64. The number of hydrogen-bond acceptors (Lipinski definition) is 5. The van der Waals surface area contributed by atoms with Crippen molar-refractivity contribution in [3.05, 3.63) is 29.3 Å². The first-order chi connectivity index (χ1) is 8.44. The summed E-state index contributed by atoms with van der Waals surface area (Å²) < 4.78 is 5.28. The van der Waals surface area contributed by atoms with Crippen molar-refractivity contribution < 1.29 is 4.52 Å². The molecular weight excluding hydrogens is 228 g/mol. The lowest BCUT2D eigenvalue weighted by Crippen LogP contribution is -2.33. The fourth-order valence-electron chi connectivity index (χ4n) is 1.64. The molecule has 0 saturated carbocycles. The summed E-state index contributed by atoms with van der Waals surface area (Å²) in [5, 5.41) is 3.96. The number of hydrogen-bond donors (Lipinski definition) is 1. The molecule has 2 heterocycles. The van der Waals surface area contributed by atoms with Gasteiger partial charge < -0.3 is 10.3 Å². The minimum atomic E-state index is -0.562. The van der Waals surface area contributed by atoms with Gasteiger partial charge in [-0.25, -0.2) is 0 Å². The zero-order chi connectivity index (χ0) is 13.3. The molecule has 18 heavy (non-hydrogen) atoms. The molecule has 0 aliphatic heterocycles. The van der Waals surface area contributed by atoms with Crippen LogP contribution in [-0.4, -0.2) is 15.1 Å². The second kappa shape index (κ2) is 4.49. The van der Waals surface area contributed by atoms with Crippen LogP contribution in [0.1, 0.15) is 37.5 Å². The molecule has 2 aromatic heterocycles. The molecule has 0 aliphatic rings. The van der Waals surface area contributed by atoms with Crippen molar-refractivity contribution in [1.82, 2.24) is 15.1 Å². The third kappa shape index (κ3) is 2.26. The zero-order valence-electron chi connectivity index (χ0n) is 11.2. The van der Waals surface area contributed by atoms with Gasteiger partial charge in [-0.15, -0.1) is 0 Å². The molecule has 5 nitrogen and oxygen atoms in total. The lowest BCUT2D eigenvalue weighted by molar-refractivity contribution is 0.378. The summed E-state index contributed by atoms with van der Waals surface area (Å²) in [5.74, 6) is 1.00. The minimum absolute atomic E-state index is 0.472. The van der Waals surface area contributed by atoms with E-state index in [9.17, 15) is 0 Å². The Morgan fingerprint density at radius 3 is 2.61 bits per heavy atom. The highest BCUT2D eigenvalue weighted by molar-refractivity contribution is 5.56. The molecule has 0 amide bonds. The van der Waals surface area contributed by atoms with E-state index in [1.165, 1.54) is 0 Å². The monoisotopic (exact) mass is 246 g/mol. The van der Waals surface area contributed by atoms with Gasteiger partial charge in [-0.3, -0.25) is 4.98 Å². The fraction of sp³-hybridized carbons (Fsp3) is 0.462. The minimum Gasteiger partial charge on any atom is -0.334 e. The molecule has 0 fully saturated rings. The highest BCUT2D eigenvalue weighted by Gasteiger charge is 2.26. The normalized spacial score (nSPS) is 14.5. The summed E-state index contributed by atoms with van der Waals surface area (Å²) in [7, 11) is 0. The van der Waals surface area contributed by atoms with E-state index in [2.05, 4.69) is 15.1 Å². The van der Waals surface area contributed by atoms with Crippen LogP contribution < -0.4 is 5.73 Å². The predicted molar refractivity (Wildman–Crippen MR) is 68.8 cm³/mol. The highest BCUT2D eigenvalue weighted by Crippen LogP contribution is 2.24. The molecule has 0 spiro atoms. The average Bonchev–Trinajstić information content (AvgIpc) is 2.79. The topological polar surface area (TPSA) is 77.8 Å². The number of aromatic nitrogens is 3. The summed E-state index contributed by atoms with van der Waals surface area (Å²) in [6, 6.07) is 3.86. The van der Waals surface area contributed by atoms with Gasteiger partial charge in [-0.1, -0.05) is 12.1 Å². The van der Waals surface area contributed by atoms with Crippen molar-refractivity contribution >= 4 is 0 Å². The summed E-state index contributed by atoms with van der Waals surface area (Å²) in [6.07, 6.45) is 0.747. The highest BCUT2D eigenvalue weighted by atomic mass is 16.5. The molecule has 0 saturated heterocycles. The molecule has 2 aromatic rings. The first-order valence-corrected chi connectivity index (χ1v) is 6.01. The number of rotatable bonds is 3. The van der Waals surface area contributed by atoms with Crippen molar-refractivity contribution in [1.29, 1.82) is 0 Å². The van der Waals surface area contributed by atoms with E-state index in [1.54, 1.807) is 0 Å². The van der Waals surface area contributed by atoms with E-state index >= 15 is 0 Å². The van der Waals surface area contributed by atoms with E-state index in [0.29, 0.717) is 11.7 Å². The third-order valence-corrected chi connectivity index (χ3v) is 3.13. The van der Waals surface area contributed by atoms with Crippen LogP contribution in [0.4, 0.5) is 0 Å². The van der Waals surface area contributed by atoms with Gasteiger partial charge in [0.2, 0.25) is 0 Å². The van der Waals surface area contributed by atoms with Crippen molar-refractivity contribution in [2.75, 3.05) is 0 Å². The van der Waals surface area contributed by atoms with E-state index in [0.717, 1.165) is 23.4 Å². The van der Waals surface area contributed by atoms with Gasteiger partial charge >= 0.3 is 0 Å². The first-order valence-electron chi connectivity index (χ1n) is 6.01. The van der Waals surface area contributed by atoms with Crippen LogP contribution in [0, 0.1) is 13.8 Å². The third-order valence-electron chi connectivity index (χ3n) is 3.13. The molecule has 2 N–H and O–H groups in total. The molecule has 0 aliphatic carbocycles. The standard InChI is InChI=1S/C13H18N4O/c1-5-13(4,14)12-16-11(18-17-12)10-7-6-8(2)15-9(10)3/h6-7H,5,14H2,1-4H3. The second-order valence-electron chi connectivity index (χ2n) is 4.78. The molecule has 5 heteroatoms. The quantitative estimate of drug-likeness (QED) is 0.899. The van der Waals surface area contributed by atoms with Crippen LogP contribution in [-0.2, 0) is 5.54 Å². The second-order valence-corrected chi connectivity index (χ2v) is 4.78. The summed E-state index contributed by atoms with van der Waals surface area (Å²) >= 11 is 0. The molecular formula is C13H18N4O. The molecule has 1 unspecified atom stereocenters. The Balaban J connectivity index is 2.41. The van der Waals surface area contributed by atoms with Gasteiger partial charge in [-0.05, 0) is 39.3 Å². The molecule has 96 valence electrons. The predicted octanol–water partition coefficient (Wildman–Crippen LogP) is 2.33. The van der Waals surface area contributed by atoms with Crippen LogP contribution in [0.15, 0.2) is 16.7 Å². The number of nitrogens with two attached hydrogens (primary N) is 1. The van der Waals surface area contributed by atoms with Gasteiger partial charge in [0, 0.05) is 5.69 Å². The number of pyridine rings is 1. The van der Waals surface area contributed by atoms with Crippen molar-refractivity contribution in [3.63, 3.8) is 0 Å². The maximum atomic E-state index is 6.09. The Morgan fingerprint density at radius 2 is 2.00 bits per heavy atom. The van der Waals surface area contributed by atoms with Gasteiger partial charge in [0.15, 0.2) is 5.82 Å². The SMILES string of the molecule is CCC(C)(N)c1noc(-c2ccc(C)nc2C)n1. The maximum absolute atomic E-state index is 6.09. The lowest BCUT2D eigenvalue weighted by atomic mass is 10.00. The number of aryl methyl sites for hydroxylation is 2. The Labute approximate surface area is 106 Å². The molecule has 1 atom stereocenters. The zero-order valence-corrected chi connectivity index (χ0v) is 11.2. The van der Waals surface area contributed by atoms with Gasteiger partial charge in [0.25, 0.3) is 5.89 Å². The molecule has 0 radical (unpaired) electrons. The Morgan fingerprint density at radius 1 is 1.28 bits per heavy atom. The summed E-state index contributed by atoms with van der Waals surface area (Å²) in [5.41, 5.74) is 8.22. The Kier molecular flexibility index (Phi) is 3.17. The first kappa shape index (κ1) is 12.7. The van der Waals surface area contributed by atoms with Crippen LogP contribution >= 0.6 is 0 Å². The maximum Gasteiger partial charge on any atom is 0.259 e. The molecule has 0 aromatic carbocycles. The average molecular weight is 246 g/mol. The van der Waals surface area contributed by atoms with Crippen molar-refractivity contribution in [2.45, 2.75) is 39.7 Å². The largest absolute Gasteiger partial charge is 0.334 e. The van der Waals surface area contributed by atoms with Gasteiger partial charge in [0.1, 0.15) is 0 Å². The van der Waals surface area contributed by atoms with Crippen LogP contribution in [0.5, 0.6) is 0 Å². The van der Waals surface area contributed by atoms with E-state index in [-0.39, 0.29) is 0 Å². The smallest absolute Gasteiger partial charge is 0.259 e. The van der Waals surface area contributed by atoms with E-state index in [4.69, 9.17) is 10.3 Å². The van der Waals surface area contributed by atoms with E-state index < -0.39 is 5.54 Å².